The Morgan fingerprint density at radius 3 is 2.70 bits per heavy atom. The van der Waals surface area contributed by atoms with Crippen LogP contribution in [0.5, 0.6) is 0 Å². The molecule has 0 unspecified atom stereocenters. The van der Waals surface area contributed by atoms with Gasteiger partial charge in [0, 0.05) is 13.2 Å². The van der Waals surface area contributed by atoms with E-state index in [4.69, 9.17) is 4.74 Å². The highest BCUT2D eigenvalue weighted by Gasteiger charge is 2.43. The number of likely N-dealkylation sites (tertiary alicyclic amines) is 1. The lowest BCUT2D eigenvalue weighted by molar-refractivity contribution is -0.121. The molecule has 0 radical (unpaired) electrons. The molecule has 0 aliphatic carbocycles. The summed E-state index contributed by atoms with van der Waals surface area (Å²) in [6.07, 6.45) is 5.09. The number of hydrogen-bond acceptors (Lipinski definition) is 3. The lowest BCUT2D eigenvalue weighted by atomic mass is 9.69. The monoisotopic (exact) mass is 278 g/mol. The Hall–Kier alpha value is -0.560. The van der Waals surface area contributed by atoms with Gasteiger partial charge in [-0.2, -0.15) is 0 Å². The van der Waals surface area contributed by atoms with E-state index in [2.05, 4.69) is 49.6 Å². The van der Waals surface area contributed by atoms with Gasteiger partial charge in [0.1, 0.15) is 0 Å². The Morgan fingerprint density at radius 1 is 1.20 bits per heavy atom. The van der Waals surface area contributed by atoms with Crippen LogP contribution in [0.3, 0.4) is 0 Å². The first-order valence-electron chi connectivity index (χ1n) is 7.88. The molecule has 0 aromatic heterocycles. The number of rotatable bonds is 2. The fraction of sp³-hybridized carbons (Fsp3) is 0.882. The molecule has 20 heavy (non-hydrogen) atoms. The molecule has 2 fully saturated rings. The zero-order valence-corrected chi connectivity index (χ0v) is 13.7. The van der Waals surface area contributed by atoms with Gasteiger partial charge in [0.2, 0.25) is 0 Å². The largest absolute Gasteiger partial charge is 0.376 e. The number of nitrogens with zero attached hydrogens (tertiary/aromatic N) is 2. The fourth-order valence-corrected chi connectivity index (χ4v) is 3.76. The van der Waals surface area contributed by atoms with Crippen LogP contribution in [-0.4, -0.2) is 62.3 Å². The summed E-state index contributed by atoms with van der Waals surface area (Å²) in [4.78, 5) is 4.67. The molecule has 2 rings (SSSR count). The predicted octanol–water partition coefficient (Wildman–Crippen LogP) is 2.22. The third kappa shape index (κ3) is 4.48. The highest BCUT2D eigenvalue weighted by molar-refractivity contribution is 5.04. The normalized spacial score (nSPS) is 30.2. The molecule has 2 aliphatic rings. The minimum atomic E-state index is 0.0534. The van der Waals surface area contributed by atoms with Crippen LogP contribution >= 0.6 is 0 Å². The summed E-state index contributed by atoms with van der Waals surface area (Å²) in [6.45, 7) is 9.60. The highest BCUT2D eigenvalue weighted by Crippen LogP contribution is 2.44. The minimum absolute atomic E-state index is 0.0534. The van der Waals surface area contributed by atoms with Crippen molar-refractivity contribution in [3.05, 3.63) is 0 Å². The summed E-state index contributed by atoms with van der Waals surface area (Å²) in [6, 6.07) is 0. The molecule has 1 atom stereocenters. The molecular formula is C17H30N2O. The first kappa shape index (κ1) is 15.8. The summed E-state index contributed by atoms with van der Waals surface area (Å²) >= 11 is 0. The summed E-state index contributed by atoms with van der Waals surface area (Å²) < 4.78 is 5.90. The van der Waals surface area contributed by atoms with E-state index in [1.807, 2.05) is 0 Å². The van der Waals surface area contributed by atoms with Crippen molar-refractivity contribution in [1.82, 2.24) is 9.80 Å². The Bertz CT molecular complexity index is 376. The molecule has 0 N–H and O–H groups in total. The highest BCUT2D eigenvalue weighted by atomic mass is 16.5. The summed E-state index contributed by atoms with van der Waals surface area (Å²) in [5.41, 5.74) is 0.529. The van der Waals surface area contributed by atoms with Gasteiger partial charge in [0.05, 0.1) is 18.7 Å². The van der Waals surface area contributed by atoms with Gasteiger partial charge >= 0.3 is 0 Å². The molecule has 2 aliphatic heterocycles. The van der Waals surface area contributed by atoms with Gasteiger partial charge in [-0.15, -0.1) is 0 Å². The van der Waals surface area contributed by atoms with E-state index in [0.29, 0.717) is 5.41 Å². The summed E-state index contributed by atoms with van der Waals surface area (Å²) in [5.74, 6) is 6.58. The lowest BCUT2D eigenvalue weighted by Gasteiger charge is -2.49. The maximum atomic E-state index is 5.90. The maximum absolute atomic E-state index is 5.90. The SMILES string of the molecule is CN(C)CC#CCN1CCC[C@]2(CCOC(C)(C)C2)C1. The van der Waals surface area contributed by atoms with Crippen molar-refractivity contribution in [1.29, 1.82) is 0 Å². The van der Waals surface area contributed by atoms with Crippen LogP contribution in [0.1, 0.15) is 39.5 Å². The standard InChI is InChI=1S/C17H30N2O/c1-16(2)14-17(9-13-20-16)8-7-12-19(15-17)11-6-5-10-18(3)4/h7-15H2,1-4H3/t17-/m1/s1. The molecule has 1 spiro atoms. The van der Waals surface area contributed by atoms with E-state index < -0.39 is 0 Å². The molecule has 3 heteroatoms. The Balaban J connectivity index is 1.89. The van der Waals surface area contributed by atoms with Crippen LogP contribution in [0.2, 0.25) is 0 Å². The predicted molar refractivity (Wildman–Crippen MR) is 83.7 cm³/mol. The van der Waals surface area contributed by atoms with E-state index >= 15 is 0 Å². The average Bonchev–Trinajstić information content (AvgIpc) is 2.33. The van der Waals surface area contributed by atoms with Gasteiger partial charge in [-0.1, -0.05) is 11.8 Å². The fourth-order valence-electron chi connectivity index (χ4n) is 3.76. The van der Waals surface area contributed by atoms with Crippen molar-refractivity contribution in [2.45, 2.75) is 45.1 Å². The van der Waals surface area contributed by atoms with Crippen molar-refractivity contribution in [2.75, 3.05) is 46.9 Å². The molecule has 0 bridgehead atoms. The number of piperidine rings is 1. The smallest absolute Gasteiger partial charge is 0.0632 e. The molecule has 3 nitrogen and oxygen atoms in total. The van der Waals surface area contributed by atoms with E-state index in [0.717, 1.165) is 19.7 Å². The van der Waals surface area contributed by atoms with Crippen LogP contribution in [0.25, 0.3) is 0 Å². The first-order valence-corrected chi connectivity index (χ1v) is 7.88. The van der Waals surface area contributed by atoms with Crippen LogP contribution in [0, 0.1) is 17.3 Å². The van der Waals surface area contributed by atoms with E-state index in [1.165, 1.54) is 38.8 Å². The lowest BCUT2D eigenvalue weighted by Crippen LogP contribution is -2.50. The molecule has 2 saturated heterocycles. The quantitative estimate of drug-likeness (QED) is 0.720. The van der Waals surface area contributed by atoms with E-state index in [1.54, 1.807) is 0 Å². The number of ether oxygens (including phenoxy) is 1. The Kier molecular flexibility index (Phi) is 5.12. The minimum Gasteiger partial charge on any atom is -0.376 e. The molecule has 0 amide bonds. The van der Waals surface area contributed by atoms with E-state index in [9.17, 15) is 0 Å². The zero-order chi connectivity index (χ0) is 14.6. The second-order valence-corrected chi connectivity index (χ2v) is 7.44. The third-order valence-corrected chi connectivity index (χ3v) is 4.49. The second-order valence-electron chi connectivity index (χ2n) is 7.44. The zero-order valence-electron chi connectivity index (χ0n) is 13.7. The molecule has 0 aromatic rings. The van der Waals surface area contributed by atoms with Gasteiger partial charge < -0.3 is 4.74 Å². The van der Waals surface area contributed by atoms with Crippen molar-refractivity contribution >= 4 is 0 Å². The van der Waals surface area contributed by atoms with E-state index in [-0.39, 0.29) is 5.60 Å². The number of hydrogen-bond donors (Lipinski definition) is 0. The van der Waals surface area contributed by atoms with Crippen molar-refractivity contribution in [3.8, 4) is 11.8 Å². The Morgan fingerprint density at radius 2 is 2.00 bits per heavy atom. The van der Waals surface area contributed by atoms with Crippen molar-refractivity contribution in [3.63, 3.8) is 0 Å². The van der Waals surface area contributed by atoms with Crippen LogP contribution in [-0.2, 0) is 4.74 Å². The average molecular weight is 278 g/mol. The van der Waals surface area contributed by atoms with Crippen LogP contribution < -0.4 is 0 Å². The van der Waals surface area contributed by atoms with Gasteiger partial charge in [-0.3, -0.25) is 9.80 Å². The van der Waals surface area contributed by atoms with Gasteiger partial charge in [0.15, 0.2) is 0 Å². The van der Waals surface area contributed by atoms with Crippen LogP contribution in [0.4, 0.5) is 0 Å². The second kappa shape index (κ2) is 6.47. The molecule has 0 aromatic carbocycles. The molecule has 0 saturated carbocycles. The van der Waals surface area contributed by atoms with Gasteiger partial charge in [0.25, 0.3) is 0 Å². The summed E-state index contributed by atoms with van der Waals surface area (Å²) in [7, 11) is 4.13. The third-order valence-electron chi connectivity index (χ3n) is 4.49. The summed E-state index contributed by atoms with van der Waals surface area (Å²) in [5, 5.41) is 0. The van der Waals surface area contributed by atoms with Crippen LogP contribution in [0.15, 0.2) is 0 Å². The van der Waals surface area contributed by atoms with Crippen molar-refractivity contribution < 1.29 is 4.74 Å². The topological polar surface area (TPSA) is 15.7 Å². The van der Waals surface area contributed by atoms with Gasteiger partial charge in [-0.25, -0.2) is 0 Å². The van der Waals surface area contributed by atoms with Gasteiger partial charge in [-0.05, 0) is 65.6 Å². The van der Waals surface area contributed by atoms with Crippen molar-refractivity contribution in [2.24, 2.45) is 5.41 Å². The molecule has 2 heterocycles. The maximum Gasteiger partial charge on any atom is 0.0632 e. The Labute approximate surface area is 124 Å². The molecular weight excluding hydrogens is 248 g/mol. The molecule has 114 valence electrons. The first-order chi connectivity index (χ1) is 9.41.